The summed E-state index contributed by atoms with van der Waals surface area (Å²) in [6, 6.07) is 6.33. The van der Waals surface area contributed by atoms with E-state index in [4.69, 9.17) is 9.47 Å². The molecule has 3 rings (SSSR count). The van der Waals surface area contributed by atoms with Crippen molar-refractivity contribution in [1.82, 2.24) is 10.3 Å². The average Bonchev–Trinajstić information content (AvgIpc) is 3.06. The Morgan fingerprint density at radius 2 is 1.97 bits per heavy atom. The molecule has 0 spiro atoms. The summed E-state index contributed by atoms with van der Waals surface area (Å²) >= 11 is 0. The Kier molecular flexibility index (Phi) is 6.41. The lowest BCUT2D eigenvalue weighted by atomic mass is 10.1. The molecule has 9 nitrogen and oxygen atoms in total. The molecule has 2 amide bonds. The van der Waals surface area contributed by atoms with Gasteiger partial charge in [-0.2, -0.15) is 5.10 Å². The number of hydrogen-bond acceptors (Lipinski definition) is 7. The maximum absolute atomic E-state index is 12.5. The minimum atomic E-state index is -3.15. The molecule has 2 heterocycles. The number of nitrogens with zero attached hydrogens (tertiary/aromatic N) is 2. The van der Waals surface area contributed by atoms with Crippen LogP contribution in [0.1, 0.15) is 26.2 Å². The van der Waals surface area contributed by atoms with E-state index >= 15 is 0 Å². The number of sulfone groups is 1. The number of ether oxygens (including phenoxy) is 2. The lowest BCUT2D eigenvalue weighted by Gasteiger charge is -2.28. The number of rotatable bonds is 7. The Morgan fingerprint density at radius 3 is 2.59 bits per heavy atom. The summed E-state index contributed by atoms with van der Waals surface area (Å²) in [5.41, 5.74) is 0.227. The fourth-order valence-corrected chi connectivity index (χ4v) is 4.92. The van der Waals surface area contributed by atoms with E-state index in [1.807, 2.05) is 0 Å². The molecule has 1 N–H and O–H groups in total. The lowest BCUT2D eigenvalue weighted by Crippen LogP contribution is -2.46. The molecule has 10 heteroatoms. The SMILES string of the molecule is COc1ccc(OC[C@@H](C)NC(=O)C2=NN([C@H]3CCS(=O)(=O)C3)C(=O)CC2)cc1. The Morgan fingerprint density at radius 1 is 1.28 bits per heavy atom. The maximum atomic E-state index is 12.5. The molecule has 0 aliphatic carbocycles. The van der Waals surface area contributed by atoms with Gasteiger partial charge in [0.1, 0.15) is 23.8 Å². The maximum Gasteiger partial charge on any atom is 0.267 e. The predicted octanol–water partition coefficient (Wildman–Crippen LogP) is 0.744. The van der Waals surface area contributed by atoms with Crippen LogP contribution >= 0.6 is 0 Å². The van der Waals surface area contributed by atoms with E-state index in [-0.39, 0.29) is 54.5 Å². The third-order valence-corrected chi connectivity index (χ3v) is 6.56. The van der Waals surface area contributed by atoms with E-state index in [2.05, 4.69) is 10.4 Å². The van der Waals surface area contributed by atoms with Gasteiger partial charge in [-0.05, 0) is 37.6 Å². The smallest absolute Gasteiger partial charge is 0.267 e. The van der Waals surface area contributed by atoms with Crippen molar-refractivity contribution in [2.75, 3.05) is 25.2 Å². The van der Waals surface area contributed by atoms with Crippen LogP contribution in [0.2, 0.25) is 0 Å². The Hall–Kier alpha value is -2.62. The van der Waals surface area contributed by atoms with E-state index in [9.17, 15) is 18.0 Å². The summed E-state index contributed by atoms with van der Waals surface area (Å²) in [6.07, 6.45) is 0.713. The first-order chi connectivity index (χ1) is 13.8. The molecule has 2 aliphatic heterocycles. The van der Waals surface area contributed by atoms with Crippen LogP contribution in [0.15, 0.2) is 29.4 Å². The highest BCUT2D eigenvalue weighted by Gasteiger charge is 2.37. The fourth-order valence-electron chi connectivity index (χ4n) is 3.23. The Bertz CT molecular complexity index is 897. The van der Waals surface area contributed by atoms with Crippen LogP contribution in [0.4, 0.5) is 0 Å². The summed E-state index contributed by atoms with van der Waals surface area (Å²) in [7, 11) is -1.57. The number of carbonyl (C=O) groups excluding carboxylic acids is 2. The van der Waals surface area contributed by atoms with Gasteiger partial charge < -0.3 is 14.8 Å². The quantitative estimate of drug-likeness (QED) is 0.692. The van der Waals surface area contributed by atoms with Gasteiger partial charge in [-0.15, -0.1) is 0 Å². The first-order valence-electron chi connectivity index (χ1n) is 9.45. The highest BCUT2D eigenvalue weighted by molar-refractivity contribution is 7.91. The van der Waals surface area contributed by atoms with Crippen LogP contribution < -0.4 is 14.8 Å². The lowest BCUT2D eigenvalue weighted by molar-refractivity contribution is -0.133. The molecule has 1 aromatic rings. The first kappa shape index (κ1) is 21.1. The van der Waals surface area contributed by atoms with E-state index < -0.39 is 15.9 Å². The standard InChI is InChI=1S/C19H25N3O6S/c1-13(11-28-16-5-3-15(27-2)4-6-16)20-19(24)17-7-8-18(23)22(21-17)14-9-10-29(25,26)12-14/h3-6,13-14H,7-12H2,1-2H3,(H,20,24)/t13-,14+/m1/s1. The number of nitrogens with one attached hydrogen (secondary N) is 1. The molecule has 0 saturated carbocycles. The Balaban J connectivity index is 1.55. The molecule has 29 heavy (non-hydrogen) atoms. The largest absolute Gasteiger partial charge is 0.497 e. The molecular weight excluding hydrogens is 398 g/mol. The van der Waals surface area contributed by atoms with Gasteiger partial charge in [0.25, 0.3) is 5.91 Å². The van der Waals surface area contributed by atoms with Gasteiger partial charge in [0, 0.05) is 12.8 Å². The van der Waals surface area contributed by atoms with Gasteiger partial charge >= 0.3 is 0 Å². The molecule has 0 bridgehead atoms. The fraction of sp³-hybridized carbons (Fsp3) is 0.526. The van der Waals surface area contributed by atoms with Crippen molar-refractivity contribution >= 4 is 27.4 Å². The van der Waals surface area contributed by atoms with E-state index in [1.54, 1.807) is 38.3 Å². The number of hydrazone groups is 1. The van der Waals surface area contributed by atoms with Crippen molar-refractivity contribution in [3.05, 3.63) is 24.3 Å². The second-order valence-electron chi connectivity index (χ2n) is 7.20. The monoisotopic (exact) mass is 423 g/mol. The van der Waals surface area contributed by atoms with Crippen LogP contribution in [-0.2, 0) is 19.4 Å². The van der Waals surface area contributed by atoms with Crippen LogP contribution in [0.5, 0.6) is 11.5 Å². The third kappa shape index (κ3) is 5.47. The van der Waals surface area contributed by atoms with Gasteiger partial charge in [0.05, 0.1) is 30.7 Å². The summed E-state index contributed by atoms with van der Waals surface area (Å²) in [4.78, 5) is 24.7. The second-order valence-corrected chi connectivity index (χ2v) is 9.43. The zero-order chi connectivity index (χ0) is 21.0. The Labute approximate surface area is 170 Å². The van der Waals surface area contributed by atoms with Crippen molar-refractivity contribution in [3.8, 4) is 11.5 Å². The number of methoxy groups -OCH3 is 1. The minimum absolute atomic E-state index is 0.0399. The zero-order valence-electron chi connectivity index (χ0n) is 16.5. The summed E-state index contributed by atoms with van der Waals surface area (Å²) in [6.45, 7) is 2.06. The normalized spacial score (nSPS) is 22.0. The van der Waals surface area contributed by atoms with Gasteiger partial charge in [-0.25, -0.2) is 13.4 Å². The highest BCUT2D eigenvalue weighted by Crippen LogP contribution is 2.22. The van der Waals surface area contributed by atoms with E-state index in [1.165, 1.54) is 5.01 Å². The molecule has 1 fully saturated rings. The molecule has 2 atom stereocenters. The van der Waals surface area contributed by atoms with Crippen molar-refractivity contribution in [1.29, 1.82) is 0 Å². The number of hydrogen-bond donors (Lipinski definition) is 1. The molecule has 1 aromatic carbocycles. The molecule has 2 aliphatic rings. The number of carbonyl (C=O) groups is 2. The molecule has 158 valence electrons. The van der Waals surface area contributed by atoms with Gasteiger partial charge in [0.15, 0.2) is 9.84 Å². The molecular formula is C19H25N3O6S. The van der Waals surface area contributed by atoms with Crippen LogP contribution in [-0.4, -0.2) is 68.3 Å². The average molecular weight is 423 g/mol. The van der Waals surface area contributed by atoms with Crippen LogP contribution in [0, 0.1) is 0 Å². The highest BCUT2D eigenvalue weighted by atomic mass is 32.2. The third-order valence-electron chi connectivity index (χ3n) is 4.81. The van der Waals surface area contributed by atoms with Crippen LogP contribution in [0.25, 0.3) is 0 Å². The minimum Gasteiger partial charge on any atom is -0.497 e. The number of amides is 2. The van der Waals surface area contributed by atoms with Gasteiger partial charge in [-0.3, -0.25) is 9.59 Å². The second kappa shape index (κ2) is 8.81. The van der Waals surface area contributed by atoms with Gasteiger partial charge in [-0.1, -0.05) is 0 Å². The van der Waals surface area contributed by atoms with Crippen LogP contribution in [0.3, 0.4) is 0 Å². The summed E-state index contributed by atoms with van der Waals surface area (Å²) < 4.78 is 34.1. The summed E-state index contributed by atoms with van der Waals surface area (Å²) in [5, 5.41) is 8.16. The van der Waals surface area contributed by atoms with Crippen molar-refractivity contribution in [2.45, 2.75) is 38.3 Å². The summed E-state index contributed by atoms with van der Waals surface area (Å²) in [5.74, 6) is 0.680. The topological polar surface area (TPSA) is 114 Å². The molecule has 1 saturated heterocycles. The van der Waals surface area contributed by atoms with Crippen molar-refractivity contribution < 1.29 is 27.5 Å². The number of benzene rings is 1. The van der Waals surface area contributed by atoms with E-state index in [0.717, 1.165) is 5.75 Å². The van der Waals surface area contributed by atoms with Crippen molar-refractivity contribution in [3.63, 3.8) is 0 Å². The predicted molar refractivity (Wildman–Crippen MR) is 107 cm³/mol. The molecule has 0 unspecified atom stereocenters. The first-order valence-corrected chi connectivity index (χ1v) is 11.3. The molecule has 0 radical (unpaired) electrons. The zero-order valence-corrected chi connectivity index (χ0v) is 17.3. The van der Waals surface area contributed by atoms with Gasteiger partial charge in [0.2, 0.25) is 5.91 Å². The van der Waals surface area contributed by atoms with Crippen molar-refractivity contribution in [2.24, 2.45) is 5.10 Å². The molecule has 0 aromatic heterocycles. The van der Waals surface area contributed by atoms with E-state index in [0.29, 0.717) is 12.2 Å².